The Morgan fingerprint density at radius 3 is 2.21 bits per heavy atom. The Morgan fingerprint density at radius 2 is 1.58 bits per heavy atom. The summed E-state index contributed by atoms with van der Waals surface area (Å²) in [7, 11) is 0. The molecule has 1 aromatic carbocycles. The van der Waals surface area contributed by atoms with E-state index in [2.05, 4.69) is 0 Å². The highest BCUT2D eigenvalue weighted by Crippen LogP contribution is 2.43. The molecule has 3 aromatic heterocycles. The number of alkyl halides is 6. The number of oxazole rings is 1. The number of benzene rings is 1. The van der Waals surface area contributed by atoms with Crippen LogP contribution in [0, 0.1) is 0 Å². The lowest BCUT2D eigenvalue weighted by molar-refractivity contribution is -0.142. The van der Waals surface area contributed by atoms with Gasteiger partial charge in [-0.3, -0.25) is 4.40 Å². The number of rotatable bonds is 0. The molecular weight excluding hydrogens is 340 g/mol. The molecule has 4 aromatic rings. The van der Waals surface area contributed by atoms with Crippen molar-refractivity contribution >= 4 is 27.5 Å². The Morgan fingerprint density at radius 1 is 0.917 bits per heavy atom. The summed E-state index contributed by atoms with van der Waals surface area (Å²) in [5, 5.41) is -0.838. The lowest BCUT2D eigenvalue weighted by Crippen LogP contribution is -2.11. The highest BCUT2D eigenvalue weighted by molar-refractivity contribution is 6.09. The van der Waals surface area contributed by atoms with E-state index in [1.54, 1.807) is 0 Å². The molecule has 0 spiro atoms. The molecule has 124 valence electrons. The largest absolute Gasteiger partial charge is 0.417 e. The lowest BCUT2D eigenvalue weighted by Gasteiger charge is -2.12. The van der Waals surface area contributed by atoms with Crippen molar-refractivity contribution in [1.29, 1.82) is 0 Å². The number of nitrogens with zero attached hydrogens (tertiary/aromatic N) is 1. The summed E-state index contributed by atoms with van der Waals surface area (Å²) in [6.45, 7) is 0. The van der Waals surface area contributed by atoms with Crippen LogP contribution in [0.15, 0.2) is 39.5 Å². The lowest BCUT2D eigenvalue weighted by atomic mass is 10.0. The molecule has 0 radical (unpaired) electrons. The molecule has 0 aliphatic heterocycles. The Hall–Kier alpha value is -2.71. The summed E-state index contributed by atoms with van der Waals surface area (Å²) in [6.07, 6.45) is -9.99. The van der Waals surface area contributed by atoms with E-state index in [-0.39, 0.29) is 22.5 Å². The van der Waals surface area contributed by atoms with Crippen molar-refractivity contribution in [3.8, 4) is 0 Å². The van der Waals surface area contributed by atoms with Gasteiger partial charge in [0.2, 0.25) is 5.71 Å². The highest BCUT2D eigenvalue weighted by Gasteiger charge is 2.40. The van der Waals surface area contributed by atoms with Gasteiger partial charge < -0.3 is 4.42 Å². The molecule has 4 rings (SSSR count). The van der Waals surface area contributed by atoms with E-state index in [1.165, 1.54) is 18.2 Å². The van der Waals surface area contributed by atoms with Crippen LogP contribution in [-0.4, -0.2) is 4.40 Å². The molecule has 24 heavy (non-hydrogen) atoms. The first-order valence-corrected chi connectivity index (χ1v) is 6.57. The SMILES string of the molecule is O=c1oc2c3c(C(F)(F)F)cc(C(F)(F)F)cc3c3cccc1n32. The predicted octanol–water partition coefficient (Wildman–Crippen LogP) is 4.67. The third kappa shape index (κ3) is 1.84. The maximum absolute atomic E-state index is 13.3. The number of aromatic nitrogens is 1. The fourth-order valence-electron chi connectivity index (χ4n) is 2.91. The monoisotopic (exact) mass is 345 g/mol. The van der Waals surface area contributed by atoms with Gasteiger partial charge in [0.05, 0.1) is 22.0 Å². The summed E-state index contributed by atoms with van der Waals surface area (Å²) < 4.78 is 84.9. The van der Waals surface area contributed by atoms with Crippen LogP contribution >= 0.6 is 0 Å². The molecule has 3 heterocycles. The van der Waals surface area contributed by atoms with E-state index in [0.29, 0.717) is 6.07 Å². The van der Waals surface area contributed by atoms with Gasteiger partial charge in [-0.2, -0.15) is 26.3 Å². The molecular formula is C15H5F6NO2. The second kappa shape index (κ2) is 4.22. The van der Waals surface area contributed by atoms with Gasteiger partial charge in [0.15, 0.2) is 0 Å². The maximum Gasteiger partial charge on any atom is 0.417 e. The van der Waals surface area contributed by atoms with Crippen molar-refractivity contribution in [2.24, 2.45) is 0 Å². The van der Waals surface area contributed by atoms with Gasteiger partial charge >= 0.3 is 18.0 Å². The van der Waals surface area contributed by atoms with Crippen LogP contribution in [0.5, 0.6) is 0 Å². The Labute approximate surface area is 128 Å². The topological polar surface area (TPSA) is 34.6 Å². The van der Waals surface area contributed by atoms with Gasteiger partial charge in [-0.05, 0) is 24.3 Å². The van der Waals surface area contributed by atoms with Crippen molar-refractivity contribution in [1.82, 2.24) is 4.40 Å². The van der Waals surface area contributed by atoms with Gasteiger partial charge in [-0.25, -0.2) is 4.79 Å². The fraction of sp³-hybridized carbons (Fsp3) is 0.133. The minimum absolute atomic E-state index is 0.0318. The quantitative estimate of drug-likeness (QED) is 0.434. The molecule has 0 atom stereocenters. The zero-order valence-electron chi connectivity index (χ0n) is 11.4. The van der Waals surface area contributed by atoms with E-state index in [0.717, 1.165) is 4.40 Å². The maximum atomic E-state index is 13.3. The van der Waals surface area contributed by atoms with Crippen LogP contribution in [0.4, 0.5) is 26.3 Å². The number of fused-ring (bicyclic) bond motifs is 3. The number of hydrogen-bond donors (Lipinski definition) is 0. The molecule has 0 N–H and O–H groups in total. The molecule has 9 heteroatoms. The van der Waals surface area contributed by atoms with Gasteiger partial charge in [-0.15, -0.1) is 0 Å². The Bertz CT molecular complexity index is 1150. The van der Waals surface area contributed by atoms with E-state index >= 15 is 0 Å². The molecule has 0 amide bonds. The highest BCUT2D eigenvalue weighted by atomic mass is 19.4. The second-order valence-electron chi connectivity index (χ2n) is 5.27. The molecule has 0 unspecified atom stereocenters. The fourth-order valence-corrected chi connectivity index (χ4v) is 2.91. The third-order valence-electron chi connectivity index (χ3n) is 3.85. The summed E-state index contributed by atoms with van der Waals surface area (Å²) in [5.41, 5.74) is -4.18. The average Bonchev–Trinajstić information content (AvgIpc) is 2.97. The molecule has 0 aliphatic rings. The van der Waals surface area contributed by atoms with Crippen LogP contribution in [0.3, 0.4) is 0 Å². The van der Waals surface area contributed by atoms with Crippen molar-refractivity contribution in [2.45, 2.75) is 12.4 Å². The van der Waals surface area contributed by atoms with Gasteiger partial charge in [0, 0.05) is 5.39 Å². The van der Waals surface area contributed by atoms with E-state index < -0.39 is 40.2 Å². The minimum Gasteiger partial charge on any atom is -0.404 e. The number of pyridine rings is 1. The average molecular weight is 345 g/mol. The first-order chi connectivity index (χ1) is 11.1. The first-order valence-electron chi connectivity index (χ1n) is 6.57. The van der Waals surface area contributed by atoms with Crippen LogP contribution in [0.1, 0.15) is 11.1 Å². The smallest absolute Gasteiger partial charge is 0.404 e. The van der Waals surface area contributed by atoms with Crippen LogP contribution in [0.25, 0.3) is 27.5 Å². The Kier molecular flexibility index (Phi) is 2.61. The predicted molar refractivity (Wildman–Crippen MR) is 72.1 cm³/mol. The van der Waals surface area contributed by atoms with Crippen molar-refractivity contribution in [3.05, 3.63) is 51.9 Å². The van der Waals surface area contributed by atoms with E-state index in [9.17, 15) is 31.1 Å². The van der Waals surface area contributed by atoms with Crippen molar-refractivity contribution < 1.29 is 30.8 Å². The Balaban J connectivity index is 2.32. The van der Waals surface area contributed by atoms with Crippen LogP contribution in [-0.2, 0) is 12.4 Å². The molecule has 0 saturated carbocycles. The summed E-state index contributed by atoms with van der Waals surface area (Å²) in [6, 6.07) is 4.69. The van der Waals surface area contributed by atoms with Gasteiger partial charge in [0.1, 0.15) is 5.52 Å². The number of halogens is 6. The summed E-state index contributed by atoms with van der Waals surface area (Å²) in [4.78, 5) is 11.7. The second-order valence-corrected chi connectivity index (χ2v) is 5.27. The first kappa shape index (κ1) is 14.9. The summed E-state index contributed by atoms with van der Waals surface area (Å²) >= 11 is 0. The molecule has 0 bridgehead atoms. The molecule has 0 saturated heterocycles. The van der Waals surface area contributed by atoms with Crippen LogP contribution in [0.2, 0.25) is 0 Å². The van der Waals surface area contributed by atoms with E-state index in [4.69, 9.17) is 4.42 Å². The zero-order chi connectivity index (χ0) is 17.4. The van der Waals surface area contributed by atoms with Crippen molar-refractivity contribution in [3.63, 3.8) is 0 Å². The molecule has 0 aliphatic carbocycles. The molecule has 3 nitrogen and oxygen atoms in total. The zero-order valence-corrected chi connectivity index (χ0v) is 11.4. The third-order valence-corrected chi connectivity index (χ3v) is 3.85. The standard InChI is InChI=1S/C15H5F6NO2/c16-14(17,18)6-4-7-9-2-1-3-10-13(23)24-12(22(9)10)11(7)8(5-6)15(19,20)21/h1-5H. The van der Waals surface area contributed by atoms with E-state index in [1.807, 2.05) is 0 Å². The minimum atomic E-state index is -5.05. The van der Waals surface area contributed by atoms with Crippen LogP contribution < -0.4 is 5.63 Å². The van der Waals surface area contributed by atoms with Crippen molar-refractivity contribution in [2.75, 3.05) is 0 Å². The molecule has 0 fully saturated rings. The van der Waals surface area contributed by atoms with Gasteiger partial charge in [0.25, 0.3) is 0 Å². The number of hydrogen-bond acceptors (Lipinski definition) is 2. The normalized spacial score (nSPS) is 13.6. The summed E-state index contributed by atoms with van der Waals surface area (Å²) in [5.74, 6) is 0. The van der Waals surface area contributed by atoms with Gasteiger partial charge in [-0.1, -0.05) is 6.07 Å².